The molecule has 0 aromatic heterocycles. The average molecular weight is 397 g/mol. The molecule has 10 atom stereocenters. The fourth-order valence-corrected chi connectivity index (χ4v) is 3.16. The van der Waals surface area contributed by atoms with Gasteiger partial charge in [-0.25, -0.2) is 0 Å². The summed E-state index contributed by atoms with van der Waals surface area (Å²) in [7, 11) is 1.25. The molecule has 0 saturated carbocycles. The summed E-state index contributed by atoms with van der Waals surface area (Å²) in [5.74, 6) is -0.551. The predicted octanol–water partition coefficient (Wildman–Crippen LogP) is -4.60. The molecule has 0 radical (unpaired) electrons. The monoisotopic (exact) mass is 397 g/mol. The van der Waals surface area contributed by atoms with Crippen LogP contribution in [0.5, 0.6) is 0 Å². The topological polar surface area (TPSA) is 187 Å². The largest absolute Gasteiger partial charge is 0.394 e. The van der Waals surface area contributed by atoms with E-state index >= 15 is 0 Å². The number of aliphatic hydroxyl groups excluding tert-OH is 6. The molecule has 1 amide bonds. The first-order valence-electron chi connectivity index (χ1n) is 8.45. The minimum absolute atomic E-state index is 0.551. The van der Waals surface area contributed by atoms with Gasteiger partial charge in [-0.1, -0.05) is 0 Å². The number of hydrogen-bond acceptors (Lipinski definition) is 11. The number of ether oxygens (including phenoxy) is 4. The minimum Gasteiger partial charge on any atom is -0.394 e. The van der Waals surface area contributed by atoms with Gasteiger partial charge in [0.1, 0.15) is 48.8 Å². The van der Waals surface area contributed by atoms with Gasteiger partial charge in [-0.15, -0.1) is 0 Å². The lowest BCUT2D eigenvalue weighted by atomic mass is 9.95. The maximum Gasteiger partial charge on any atom is 0.217 e. The Bertz CT molecular complexity index is 492. The molecule has 2 saturated heterocycles. The summed E-state index contributed by atoms with van der Waals surface area (Å²) in [6.07, 6.45) is -12.4. The highest BCUT2D eigenvalue weighted by Crippen LogP contribution is 2.29. The van der Waals surface area contributed by atoms with Crippen molar-refractivity contribution < 1.29 is 54.4 Å². The first-order valence-corrected chi connectivity index (χ1v) is 8.45. The lowest BCUT2D eigenvalue weighted by Gasteiger charge is -2.46. The molecule has 0 bridgehead atoms. The maximum atomic E-state index is 11.4. The fourth-order valence-electron chi connectivity index (χ4n) is 3.16. The molecule has 12 nitrogen and oxygen atoms in total. The molecule has 12 heteroatoms. The van der Waals surface area contributed by atoms with Crippen LogP contribution in [0.1, 0.15) is 6.92 Å². The number of methoxy groups -OCH3 is 1. The summed E-state index contributed by atoms with van der Waals surface area (Å²) in [5.41, 5.74) is 0. The van der Waals surface area contributed by atoms with Crippen molar-refractivity contribution in [2.45, 2.75) is 68.3 Å². The van der Waals surface area contributed by atoms with Gasteiger partial charge in [0.15, 0.2) is 12.6 Å². The van der Waals surface area contributed by atoms with Gasteiger partial charge in [-0.2, -0.15) is 0 Å². The highest BCUT2D eigenvalue weighted by molar-refractivity contribution is 5.73. The van der Waals surface area contributed by atoms with Crippen molar-refractivity contribution in [2.75, 3.05) is 20.3 Å². The van der Waals surface area contributed by atoms with E-state index in [-0.39, 0.29) is 0 Å². The molecule has 0 aromatic rings. The summed E-state index contributed by atoms with van der Waals surface area (Å²) < 4.78 is 21.2. The second kappa shape index (κ2) is 9.52. The molecule has 2 aliphatic heterocycles. The van der Waals surface area contributed by atoms with E-state index in [1.165, 1.54) is 14.0 Å². The Hall–Kier alpha value is -0.930. The van der Waals surface area contributed by atoms with Gasteiger partial charge >= 0.3 is 0 Å². The van der Waals surface area contributed by atoms with Crippen LogP contribution < -0.4 is 5.32 Å². The minimum atomic E-state index is -1.56. The highest BCUT2D eigenvalue weighted by atomic mass is 16.7. The highest BCUT2D eigenvalue weighted by Gasteiger charge is 2.51. The van der Waals surface area contributed by atoms with Crippen molar-refractivity contribution >= 4 is 5.91 Å². The number of carbonyl (C=O) groups is 1. The molecule has 27 heavy (non-hydrogen) atoms. The van der Waals surface area contributed by atoms with Crippen LogP contribution in [0, 0.1) is 0 Å². The molecule has 158 valence electrons. The average Bonchev–Trinajstić information content (AvgIpc) is 2.64. The van der Waals surface area contributed by atoms with Crippen LogP contribution in [0.2, 0.25) is 0 Å². The van der Waals surface area contributed by atoms with E-state index < -0.39 is 80.5 Å². The van der Waals surface area contributed by atoms with Crippen LogP contribution in [0.25, 0.3) is 0 Å². The van der Waals surface area contributed by atoms with Gasteiger partial charge in [0.2, 0.25) is 5.91 Å². The van der Waals surface area contributed by atoms with Crippen LogP contribution >= 0.6 is 0 Å². The van der Waals surface area contributed by atoms with E-state index in [0.717, 1.165) is 0 Å². The molecule has 2 aliphatic rings. The predicted molar refractivity (Wildman–Crippen MR) is 85.0 cm³/mol. The third-order valence-electron chi connectivity index (χ3n) is 4.59. The van der Waals surface area contributed by atoms with E-state index in [1.54, 1.807) is 0 Å². The van der Waals surface area contributed by atoms with Crippen molar-refractivity contribution in [1.82, 2.24) is 5.32 Å². The fraction of sp³-hybridized carbons (Fsp3) is 0.933. The summed E-state index contributed by atoms with van der Waals surface area (Å²) in [5, 5.41) is 61.8. The van der Waals surface area contributed by atoms with Crippen molar-refractivity contribution in [2.24, 2.45) is 0 Å². The Morgan fingerprint density at radius 3 is 2.04 bits per heavy atom. The Kier molecular flexibility index (Phi) is 7.88. The first kappa shape index (κ1) is 22.4. The molecule has 0 aromatic carbocycles. The first-order chi connectivity index (χ1) is 12.7. The van der Waals surface area contributed by atoms with E-state index in [0.29, 0.717) is 0 Å². The number of amides is 1. The lowest BCUT2D eigenvalue weighted by Crippen LogP contribution is -2.67. The molecule has 2 rings (SSSR count). The lowest BCUT2D eigenvalue weighted by molar-refractivity contribution is -0.344. The number of carbonyl (C=O) groups excluding carboxylic acids is 1. The Morgan fingerprint density at radius 1 is 0.926 bits per heavy atom. The number of hydrogen-bond donors (Lipinski definition) is 7. The van der Waals surface area contributed by atoms with Crippen molar-refractivity contribution in [3.63, 3.8) is 0 Å². The van der Waals surface area contributed by atoms with Crippen LogP contribution in [-0.2, 0) is 23.7 Å². The van der Waals surface area contributed by atoms with Crippen LogP contribution in [0.15, 0.2) is 0 Å². The number of rotatable bonds is 6. The second-order valence-corrected chi connectivity index (χ2v) is 6.48. The van der Waals surface area contributed by atoms with E-state index in [1.807, 2.05) is 0 Å². The zero-order chi connectivity index (χ0) is 20.3. The SMILES string of the molecule is CO[C@H]1O[C@H](CO)[C@@H](O[C@@H]2O[C@H](CO)[C@H](O)[C@H](O)[C@H]2NC(C)=O)[C@H](O)[C@H]1O. The summed E-state index contributed by atoms with van der Waals surface area (Å²) in [6.45, 7) is -0.0663. The zero-order valence-electron chi connectivity index (χ0n) is 14.9. The molecule has 2 heterocycles. The molecule has 0 unspecified atom stereocenters. The van der Waals surface area contributed by atoms with Gasteiger partial charge in [-0.3, -0.25) is 4.79 Å². The zero-order valence-corrected chi connectivity index (χ0v) is 14.9. The van der Waals surface area contributed by atoms with Gasteiger partial charge in [0.05, 0.1) is 13.2 Å². The van der Waals surface area contributed by atoms with Crippen molar-refractivity contribution in [1.29, 1.82) is 0 Å². The Balaban J connectivity index is 2.22. The maximum absolute atomic E-state index is 11.4. The summed E-state index contributed by atoms with van der Waals surface area (Å²) in [4.78, 5) is 11.4. The standard InChI is InChI=1S/C15H27NO11/c1-5(19)16-8-10(21)9(20)6(3-17)25-14(8)27-13-7(4-18)26-15(24-2)12(23)11(13)22/h6-15,17-18,20-23H,3-4H2,1-2H3,(H,16,19)/t6-,7-,8-,9+,10-,11-,12-,13-,14+,15+/m1/s1. The van der Waals surface area contributed by atoms with Crippen LogP contribution in [0.4, 0.5) is 0 Å². The van der Waals surface area contributed by atoms with Gasteiger partial charge in [0.25, 0.3) is 0 Å². The summed E-state index contributed by atoms with van der Waals surface area (Å²) in [6, 6.07) is -1.25. The molecular formula is C15H27NO11. The van der Waals surface area contributed by atoms with Crippen LogP contribution in [-0.4, -0.2) is 118 Å². The molecule has 0 spiro atoms. The number of aliphatic hydroxyl groups is 6. The molecule has 0 aliphatic carbocycles. The molecular weight excluding hydrogens is 370 g/mol. The third-order valence-corrected chi connectivity index (χ3v) is 4.59. The van der Waals surface area contributed by atoms with Crippen LogP contribution in [0.3, 0.4) is 0 Å². The summed E-state index contributed by atoms with van der Waals surface area (Å²) >= 11 is 0. The molecule has 2 fully saturated rings. The second-order valence-electron chi connectivity index (χ2n) is 6.48. The van der Waals surface area contributed by atoms with Gasteiger partial charge in [0, 0.05) is 14.0 Å². The van der Waals surface area contributed by atoms with E-state index in [2.05, 4.69) is 5.32 Å². The van der Waals surface area contributed by atoms with Gasteiger partial charge in [-0.05, 0) is 0 Å². The Labute approximate surface area is 155 Å². The quantitative estimate of drug-likeness (QED) is 0.228. The smallest absolute Gasteiger partial charge is 0.217 e. The normalized spacial score (nSPS) is 45.5. The number of nitrogens with one attached hydrogen (secondary N) is 1. The van der Waals surface area contributed by atoms with E-state index in [9.17, 15) is 35.4 Å². The van der Waals surface area contributed by atoms with Gasteiger partial charge < -0.3 is 54.9 Å². The van der Waals surface area contributed by atoms with Crippen molar-refractivity contribution in [3.8, 4) is 0 Å². The van der Waals surface area contributed by atoms with Crippen molar-refractivity contribution in [3.05, 3.63) is 0 Å². The third kappa shape index (κ3) is 4.74. The molecule has 7 N–H and O–H groups in total. The van der Waals surface area contributed by atoms with E-state index in [4.69, 9.17) is 18.9 Å². The Morgan fingerprint density at radius 2 is 1.52 bits per heavy atom.